The molecule has 0 saturated heterocycles. The number of carbonyl (C=O) groups excluding carboxylic acids is 2. The van der Waals surface area contributed by atoms with Gasteiger partial charge in [-0.15, -0.1) is 11.8 Å². The van der Waals surface area contributed by atoms with Crippen LogP contribution in [0.15, 0.2) is 52.3 Å². The van der Waals surface area contributed by atoms with Crippen LogP contribution >= 0.6 is 23.4 Å². The fourth-order valence-electron chi connectivity index (χ4n) is 2.60. The van der Waals surface area contributed by atoms with E-state index in [-0.39, 0.29) is 21.4 Å². The maximum absolute atomic E-state index is 12.5. The lowest BCUT2D eigenvalue weighted by atomic mass is 10.2. The molecule has 0 spiro atoms. The number of hydrogen-bond donors (Lipinski definition) is 0. The van der Waals surface area contributed by atoms with Gasteiger partial charge in [-0.1, -0.05) is 23.7 Å². The molecule has 6 nitrogen and oxygen atoms in total. The molecule has 27 heavy (non-hydrogen) atoms. The lowest BCUT2D eigenvalue weighted by molar-refractivity contribution is -0.121. The van der Waals surface area contributed by atoms with Crippen LogP contribution in [-0.2, 0) is 19.4 Å². The number of nitrogens with zero attached hydrogens (tertiary/aromatic N) is 1. The van der Waals surface area contributed by atoms with E-state index in [1.807, 2.05) is 24.3 Å². The summed E-state index contributed by atoms with van der Waals surface area (Å²) in [4.78, 5) is 27.3. The smallest absolute Gasteiger partial charge is 0.340 e. The molecule has 9 heteroatoms. The van der Waals surface area contributed by atoms with E-state index in [0.717, 1.165) is 28.7 Å². The van der Waals surface area contributed by atoms with Gasteiger partial charge in [0.1, 0.15) is 0 Å². The number of rotatable bonds is 4. The molecule has 1 heterocycles. The number of thioether (sulfide) groups is 1. The van der Waals surface area contributed by atoms with Crippen molar-refractivity contribution in [2.75, 3.05) is 30.1 Å². The van der Waals surface area contributed by atoms with Gasteiger partial charge in [0.05, 0.1) is 21.2 Å². The first-order chi connectivity index (χ1) is 12.8. The van der Waals surface area contributed by atoms with E-state index in [2.05, 4.69) is 0 Å². The monoisotopic (exact) mass is 425 g/mol. The van der Waals surface area contributed by atoms with E-state index < -0.39 is 22.4 Å². The number of benzene rings is 2. The lowest BCUT2D eigenvalue weighted by Crippen LogP contribution is -2.38. The third-order valence-electron chi connectivity index (χ3n) is 3.94. The van der Waals surface area contributed by atoms with Crippen LogP contribution in [0.5, 0.6) is 0 Å². The van der Waals surface area contributed by atoms with Gasteiger partial charge in [0.25, 0.3) is 5.91 Å². The van der Waals surface area contributed by atoms with Gasteiger partial charge < -0.3 is 9.64 Å². The molecular formula is C18H16ClNO5S2. The number of sulfone groups is 1. The van der Waals surface area contributed by atoms with Crippen LogP contribution in [0.1, 0.15) is 10.4 Å². The molecule has 0 fully saturated rings. The quantitative estimate of drug-likeness (QED) is 0.700. The summed E-state index contributed by atoms with van der Waals surface area (Å²) in [6.45, 7) is 0.0552. The Labute approximate surface area is 166 Å². The van der Waals surface area contributed by atoms with Gasteiger partial charge in [0, 0.05) is 23.4 Å². The van der Waals surface area contributed by atoms with Crippen molar-refractivity contribution in [2.24, 2.45) is 0 Å². The van der Waals surface area contributed by atoms with Crippen LogP contribution in [0.25, 0.3) is 0 Å². The van der Waals surface area contributed by atoms with Crippen molar-refractivity contribution in [3.05, 3.63) is 53.1 Å². The Morgan fingerprint density at radius 1 is 1.22 bits per heavy atom. The highest BCUT2D eigenvalue weighted by Crippen LogP contribution is 2.34. The number of fused-ring (bicyclic) bond motifs is 1. The Hall–Kier alpha value is -2.03. The molecule has 0 aliphatic carbocycles. The maximum Gasteiger partial charge on any atom is 0.340 e. The van der Waals surface area contributed by atoms with Gasteiger partial charge in [0.15, 0.2) is 16.4 Å². The highest BCUT2D eigenvalue weighted by molar-refractivity contribution is 7.99. The average molecular weight is 426 g/mol. The first-order valence-corrected chi connectivity index (χ1v) is 11.2. The minimum Gasteiger partial charge on any atom is -0.452 e. The van der Waals surface area contributed by atoms with E-state index in [4.69, 9.17) is 16.3 Å². The molecular weight excluding hydrogens is 410 g/mol. The summed E-state index contributed by atoms with van der Waals surface area (Å²) in [5, 5.41) is 0.0552. The normalized spacial score (nSPS) is 13.8. The number of anilines is 1. The van der Waals surface area contributed by atoms with Crippen LogP contribution in [0, 0.1) is 0 Å². The molecule has 2 aromatic rings. The Bertz CT molecular complexity index is 1010. The van der Waals surface area contributed by atoms with Gasteiger partial charge in [0.2, 0.25) is 0 Å². The SMILES string of the molecule is CS(=O)(=O)c1ccc(Cl)c(C(=O)OCC(=O)N2CCSc3ccccc32)c1. The summed E-state index contributed by atoms with van der Waals surface area (Å²) >= 11 is 7.64. The highest BCUT2D eigenvalue weighted by Gasteiger charge is 2.24. The topological polar surface area (TPSA) is 80.7 Å². The Kier molecular flexibility index (Phi) is 5.78. The predicted molar refractivity (Wildman–Crippen MR) is 104 cm³/mol. The minimum absolute atomic E-state index is 0.0489. The molecule has 1 amide bonds. The Morgan fingerprint density at radius 2 is 1.96 bits per heavy atom. The summed E-state index contributed by atoms with van der Waals surface area (Å²) < 4.78 is 28.4. The molecule has 0 bridgehead atoms. The van der Waals surface area contributed by atoms with Gasteiger partial charge in [-0.25, -0.2) is 13.2 Å². The standard InChI is InChI=1S/C18H16ClNO5S2/c1-27(23,24)12-6-7-14(19)13(10-12)18(22)25-11-17(21)20-8-9-26-16-5-3-2-4-15(16)20/h2-7,10H,8-9,11H2,1H3. The molecule has 0 aromatic heterocycles. The van der Waals surface area contributed by atoms with E-state index in [9.17, 15) is 18.0 Å². The van der Waals surface area contributed by atoms with Gasteiger partial charge >= 0.3 is 5.97 Å². The second-order valence-corrected chi connectivity index (χ2v) is 9.41. The first kappa shape index (κ1) is 19.7. The summed E-state index contributed by atoms with van der Waals surface area (Å²) in [6.07, 6.45) is 1.03. The molecule has 0 radical (unpaired) electrons. The molecule has 142 valence electrons. The van der Waals surface area contributed by atoms with Crippen molar-refractivity contribution < 1.29 is 22.7 Å². The summed E-state index contributed by atoms with van der Waals surface area (Å²) in [5.41, 5.74) is 0.689. The zero-order valence-electron chi connectivity index (χ0n) is 14.3. The maximum atomic E-state index is 12.5. The molecule has 1 aliphatic rings. The van der Waals surface area contributed by atoms with Gasteiger partial charge in [-0.05, 0) is 30.3 Å². The number of ether oxygens (including phenoxy) is 1. The van der Waals surface area contributed by atoms with Crippen molar-refractivity contribution >= 4 is 50.8 Å². The molecule has 1 aliphatic heterocycles. The minimum atomic E-state index is -3.50. The third-order valence-corrected chi connectivity index (χ3v) is 6.42. The molecule has 2 aromatic carbocycles. The van der Waals surface area contributed by atoms with E-state index >= 15 is 0 Å². The van der Waals surface area contributed by atoms with Gasteiger partial charge in [-0.2, -0.15) is 0 Å². The highest BCUT2D eigenvalue weighted by atomic mass is 35.5. The molecule has 0 N–H and O–H groups in total. The fourth-order valence-corrected chi connectivity index (χ4v) is 4.44. The first-order valence-electron chi connectivity index (χ1n) is 7.96. The number of carbonyl (C=O) groups is 2. The van der Waals surface area contributed by atoms with Crippen molar-refractivity contribution in [2.45, 2.75) is 9.79 Å². The Balaban J connectivity index is 1.73. The van der Waals surface area contributed by atoms with Crippen LogP contribution < -0.4 is 4.90 Å². The van der Waals surface area contributed by atoms with Crippen LogP contribution in [0.4, 0.5) is 5.69 Å². The van der Waals surface area contributed by atoms with Crippen molar-refractivity contribution in [1.82, 2.24) is 0 Å². The van der Waals surface area contributed by atoms with E-state index in [1.54, 1.807) is 16.7 Å². The fraction of sp³-hybridized carbons (Fsp3) is 0.222. The molecule has 0 unspecified atom stereocenters. The number of amides is 1. The summed E-state index contributed by atoms with van der Waals surface area (Å²) in [7, 11) is -3.50. The van der Waals surface area contributed by atoms with Crippen LogP contribution in [0.3, 0.4) is 0 Å². The molecule has 0 atom stereocenters. The number of halogens is 1. The van der Waals surface area contributed by atoms with Crippen molar-refractivity contribution in [3.63, 3.8) is 0 Å². The van der Waals surface area contributed by atoms with Crippen molar-refractivity contribution in [1.29, 1.82) is 0 Å². The van der Waals surface area contributed by atoms with Crippen molar-refractivity contribution in [3.8, 4) is 0 Å². The second kappa shape index (κ2) is 7.92. The summed E-state index contributed by atoms with van der Waals surface area (Å²) in [6, 6.07) is 11.3. The average Bonchev–Trinajstić information content (AvgIpc) is 2.64. The Morgan fingerprint density at radius 3 is 2.70 bits per heavy atom. The number of esters is 1. The number of para-hydroxylation sites is 1. The summed E-state index contributed by atoms with van der Waals surface area (Å²) in [5.74, 6) is -0.455. The third kappa shape index (κ3) is 4.45. The van der Waals surface area contributed by atoms with Crippen LogP contribution in [0.2, 0.25) is 5.02 Å². The zero-order valence-corrected chi connectivity index (χ0v) is 16.7. The molecule has 0 saturated carbocycles. The van der Waals surface area contributed by atoms with Gasteiger partial charge in [-0.3, -0.25) is 4.79 Å². The zero-order chi connectivity index (χ0) is 19.6. The predicted octanol–water partition coefficient (Wildman–Crippen LogP) is 3.04. The lowest BCUT2D eigenvalue weighted by Gasteiger charge is -2.28. The molecule has 3 rings (SSSR count). The second-order valence-electron chi connectivity index (χ2n) is 5.85. The largest absolute Gasteiger partial charge is 0.452 e. The van der Waals surface area contributed by atoms with Crippen LogP contribution in [-0.4, -0.2) is 45.5 Å². The van der Waals surface area contributed by atoms with E-state index in [0.29, 0.717) is 6.54 Å². The van der Waals surface area contributed by atoms with E-state index in [1.165, 1.54) is 12.1 Å². The number of hydrogen-bond acceptors (Lipinski definition) is 6.